The van der Waals surface area contributed by atoms with Crippen LogP contribution in [0.5, 0.6) is 11.5 Å². The van der Waals surface area contributed by atoms with Crippen LogP contribution in [-0.2, 0) is 0 Å². The van der Waals surface area contributed by atoms with E-state index in [-0.39, 0.29) is 18.5 Å². The molecule has 206 valence electrons. The lowest BCUT2D eigenvalue weighted by Gasteiger charge is -2.09. The molecule has 0 spiro atoms. The monoisotopic (exact) mass is 599 g/mol. The van der Waals surface area contributed by atoms with Crippen LogP contribution in [0.3, 0.4) is 0 Å². The van der Waals surface area contributed by atoms with E-state index in [4.69, 9.17) is 39.5 Å². The van der Waals surface area contributed by atoms with Gasteiger partial charge in [-0.05, 0) is 48.0 Å². The van der Waals surface area contributed by atoms with Crippen LogP contribution < -0.4 is 20.7 Å². The number of nitrogens with one attached hydrogen (secondary N) is 3. The predicted molar refractivity (Wildman–Crippen MR) is 159 cm³/mol. The van der Waals surface area contributed by atoms with Crippen LogP contribution in [0.4, 0.5) is 34.9 Å². The maximum absolute atomic E-state index is 9.68. The molecule has 5 aromatic rings. The summed E-state index contributed by atoms with van der Waals surface area (Å²) >= 11 is 17.4. The van der Waals surface area contributed by atoms with Crippen LogP contribution in [0.25, 0.3) is 0 Å². The molecule has 0 unspecified atom stereocenters. The number of methoxy groups -OCH3 is 1. The number of nitrogens with zero attached hydrogens (tertiary/aromatic N) is 6. The molecule has 0 aliphatic heterocycles. The first-order valence-corrected chi connectivity index (χ1v) is 12.2. The van der Waals surface area contributed by atoms with Gasteiger partial charge in [-0.25, -0.2) is 19.9 Å². The van der Waals surface area contributed by atoms with Gasteiger partial charge < -0.3 is 25.8 Å². The molecule has 0 radical (unpaired) electrons. The largest absolute Gasteiger partial charge is 0.508 e. The standard InChI is InChI=1S/C16H14ClN5O2.C9H6Cl2N4.CH4/c1-24-14-7-12(6-13(23)8-14)21-16-19-9-18-15(22-16)20-11-4-2-3-10(17)5-11;10-6-2-1-3-7(4-6)14-9-13-5-12-8(11)15-9;/h2-9,23H,1H3,(H2,18,19,20,21,22);1-5H,(H,12,13,14,15);1H4. The molecule has 0 bridgehead atoms. The molecule has 40 heavy (non-hydrogen) atoms. The smallest absolute Gasteiger partial charge is 0.232 e. The third-order valence-corrected chi connectivity index (χ3v) is 5.31. The summed E-state index contributed by atoms with van der Waals surface area (Å²) in [4.78, 5) is 23.9. The van der Waals surface area contributed by atoms with E-state index in [2.05, 4.69) is 45.9 Å². The van der Waals surface area contributed by atoms with E-state index in [0.717, 1.165) is 11.4 Å². The summed E-state index contributed by atoms with van der Waals surface area (Å²) in [7, 11) is 1.52. The van der Waals surface area contributed by atoms with Crippen molar-refractivity contribution in [3.63, 3.8) is 0 Å². The van der Waals surface area contributed by atoms with Crippen molar-refractivity contribution in [2.75, 3.05) is 23.1 Å². The zero-order valence-electron chi connectivity index (χ0n) is 20.2. The Kier molecular flexibility index (Phi) is 11.0. The number of benzene rings is 3. The van der Waals surface area contributed by atoms with Crippen molar-refractivity contribution in [3.8, 4) is 11.5 Å². The number of anilines is 6. The number of halogens is 3. The number of rotatable bonds is 7. The molecule has 0 saturated heterocycles. The van der Waals surface area contributed by atoms with Gasteiger partial charge in [0.25, 0.3) is 0 Å². The quantitative estimate of drug-likeness (QED) is 0.150. The zero-order valence-corrected chi connectivity index (χ0v) is 22.4. The Bertz CT molecular complexity index is 1520. The van der Waals surface area contributed by atoms with Crippen molar-refractivity contribution in [1.82, 2.24) is 29.9 Å². The number of aromatic hydroxyl groups is 1. The third-order valence-electron chi connectivity index (χ3n) is 4.66. The highest BCUT2D eigenvalue weighted by Crippen LogP contribution is 2.27. The first-order valence-electron chi connectivity index (χ1n) is 11.1. The molecule has 0 amide bonds. The average Bonchev–Trinajstić information content (AvgIpc) is 2.89. The number of ether oxygens (including phenoxy) is 1. The lowest BCUT2D eigenvalue weighted by Crippen LogP contribution is -2.02. The molecule has 5 rings (SSSR count). The highest BCUT2D eigenvalue weighted by molar-refractivity contribution is 6.31. The Morgan fingerprint density at radius 2 is 1.18 bits per heavy atom. The maximum atomic E-state index is 9.68. The number of phenolic OH excluding ortho intramolecular Hbond substituents is 1. The van der Waals surface area contributed by atoms with Gasteiger partial charge in [-0.2, -0.15) is 9.97 Å². The third kappa shape index (κ3) is 9.38. The normalized spacial score (nSPS) is 9.90. The van der Waals surface area contributed by atoms with E-state index in [1.165, 1.54) is 31.9 Å². The fourth-order valence-corrected chi connectivity index (χ4v) is 3.55. The number of hydrogen-bond donors (Lipinski definition) is 4. The molecule has 0 aliphatic carbocycles. The molecule has 0 aliphatic rings. The predicted octanol–water partition coefficient (Wildman–Crippen LogP) is 7.28. The van der Waals surface area contributed by atoms with Gasteiger partial charge in [0.2, 0.25) is 23.1 Å². The second-order valence-electron chi connectivity index (χ2n) is 7.53. The summed E-state index contributed by atoms with van der Waals surface area (Å²) in [6, 6.07) is 19.2. The summed E-state index contributed by atoms with van der Waals surface area (Å²) in [5.74, 6) is 1.66. The molecular formula is C26H24Cl3N9O2. The van der Waals surface area contributed by atoms with Gasteiger partial charge in [-0.15, -0.1) is 0 Å². The summed E-state index contributed by atoms with van der Waals surface area (Å²) in [6.07, 6.45) is 2.71. The highest BCUT2D eigenvalue weighted by atomic mass is 35.5. The fourth-order valence-electron chi connectivity index (χ4n) is 3.05. The Morgan fingerprint density at radius 3 is 1.70 bits per heavy atom. The average molecular weight is 601 g/mol. The Hall–Kier alpha value is -4.45. The fraction of sp³-hybridized carbons (Fsp3) is 0.0769. The molecule has 4 N–H and O–H groups in total. The van der Waals surface area contributed by atoms with Crippen LogP contribution in [0, 0.1) is 0 Å². The minimum absolute atomic E-state index is 0. The molecule has 0 fully saturated rings. The molecular weight excluding hydrogens is 577 g/mol. The van der Waals surface area contributed by atoms with Crippen molar-refractivity contribution in [2.24, 2.45) is 0 Å². The van der Waals surface area contributed by atoms with Gasteiger partial charge in [0.1, 0.15) is 24.2 Å². The van der Waals surface area contributed by atoms with Gasteiger partial charge in [0.15, 0.2) is 0 Å². The van der Waals surface area contributed by atoms with Crippen molar-refractivity contribution in [2.45, 2.75) is 7.43 Å². The molecule has 11 nitrogen and oxygen atoms in total. The topological polar surface area (TPSA) is 143 Å². The lowest BCUT2D eigenvalue weighted by molar-refractivity contribution is 0.408. The molecule has 0 saturated carbocycles. The van der Waals surface area contributed by atoms with Crippen LogP contribution in [0.15, 0.2) is 79.4 Å². The minimum Gasteiger partial charge on any atom is -0.508 e. The van der Waals surface area contributed by atoms with Crippen LogP contribution >= 0.6 is 34.8 Å². The number of aromatic nitrogens is 6. The van der Waals surface area contributed by atoms with Gasteiger partial charge in [0, 0.05) is 45.3 Å². The Morgan fingerprint density at radius 1 is 0.650 bits per heavy atom. The van der Waals surface area contributed by atoms with Crippen molar-refractivity contribution in [3.05, 3.63) is 94.7 Å². The van der Waals surface area contributed by atoms with E-state index in [1.807, 2.05) is 24.3 Å². The van der Waals surface area contributed by atoms with Crippen molar-refractivity contribution in [1.29, 1.82) is 0 Å². The molecule has 14 heteroatoms. The van der Waals surface area contributed by atoms with Crippen LogP contribution in [0.1, 0.15) is 7.43 Å². The van der Waals surface area contributed by atoms with Gasteiger partial charge >= 0.3 is 0 Å². The van der Waals surface area contributed by atoms with Crippen LogP contribution in [0.2, 0.25) is 15.3 Å². The van der Waals surface area contributed by atoms with E-state index in [0.29, 0.717) is 39.3 Å². The van der Waals surface area contributed by atoms with E-state index in [1.54, 1.807) is 30.3 Å². The number of hydrogen-bond acceptors (Lipinski definition) is 11. The van der Waals surface area contributed by atoms with Gasteiger partial charge in [0.05, 0.1) is 7.11 Å². The second kappa shape index (κ2) is 14.6. The Balaban J connectivity index is 0.000000238. The lowest BCUT2D eigenvalue weighted by atomic mass is 10.3. The second-order valence-corrected chi connectivity index (χ2v) is 8.74. The molecule has 3 aromatic carbocycles. The van der Waals surface area contributed by atoms with Crippen molar-refractivity contribution >= 4 is 69.7 Å². The maximum Gasteiger partial charge on any atom is 0.232 e. The SMILES string of the molecule is C.COc1cc(O)cc(Nc2ncnc(Nc3cccc(Cl)c3)n2)c1.Clc1cccc(Nc2ncnc(Cl)n2)c1. The van der Waals surface area contributed by atoms with E-state index >= 15 is 0 Å². The van der Waals surface area contributed by atoms with E-state index < -0.39 is 0 Å². The van der Waals surface area contributed by atoms with Crippen molar-refractivity contribution < 1.29 is 9.84 Å². The van der Waals surface area contributed by atoms with Crippen LogP contribution in [-0.4, -0.2) is 42.1 Å². The van der Waals surface area contributed by atoms with E-state index in [9.17, 15) is 5.11 Å². The number of phenols is 1. The first kappa shape index (κ1) is 30.1. The van der Waals surface area contributed by atoms with Gasteiger partial charge in [-0.3, -0.25) is 0 Å². The molecule has 0 atom stereocenters. The summed E-state index contributed by atoms with van der Waals surface area (Å²) in [5, 5.41) is 20.1. The molecule has 2 aromatic heterocycles. The highest BCUT2D eigenvalue weighted by Gasteiger charge is 2.05. The summed E-state index contributed by atoms with van der Waals surface area (Å²) in [6.45, 7) is 0. The molecule has 2 heterocycles. The summed E-state index contributed by atoms with van der Waals surface area (Å²) < 4.78 is 5.11. The minimum atomic E-state index is 0. The Labute approximate surface area is 245 Å². The van der Waals surface area contributed by atoms with Gasteiger partial charge in [-0.1, -0.05) is 42.8 Å². The first-order chi connectivity index (χ1) is 18.9. The summed E-state index contributed by atoms with van der Waals surface area (Å²) in [5.41, 5.74) is 2.15. The zero-order chi connectivity index (χ0) is 27.6.